The largest absolute Gasteiger partial charge is 0.508 e. The second-order valence-electron chi connectivity index (χ2n) is 4.79. The number of phenolic OH excluding ortho intramolecular Hbond substituents is 1. The molecule has 2 aromatic rings. The Labute approximate surface area is 123 Å². The summed E-state index contributed by atoms with van der Waals surface area (Å²) in [4.78, 5) is 14.1. The van der Waals surface area contributed by atoms with E-state index >= 15 is 0 Å². The summed E-state index contributed by atoms with van der Waals surface area (Å²) < 4.78 is 5.20. The Morgan fingerprint density at radius 3 is 2.52 bits per heavy atom. The average molecular weight is 286 g/mol. The number of methoxy groups -OCH3 is 1. The lowest BCUT2D eigenvalue weighted by atomic mass is 10.1. The first-order valence-electron chi connectivity index (χ1n) is 6.48. The molecule has 3 N–H and O–H groups in total. The molecule has 2 aromatic carbocycles. The lowest BCUT2D eigenvalue weighted by Crippen LogP contribution is -2.26. The van der Waals surface area contributed by atoms with Crippen molar-refractivity contribution in [3.8, 4) is 11.5 Å². The van der Waals surface area contributed by atoms with Crippen LogP contribution < -0.4 is 10.5 Å². The topological polar surface area (TPSA) is 75.8 Å². The Morgan fingerprint density at radius 2 is 1.90 bits per heavy atom. The van der Waals surface area contributed by atoms with Crippen molar-refractivity contribution in [3.05, 3.63) is 53.6 Å². The third-order valence-corrected chi connectivity index (χ3v) is 3.16. The first-order valence-corrected chi connectivity index (χ1v) is 6.48. The van der Waals surface area contributed by atoms with Gasteiger partial charge in [-0.1, -0.05) is 12.1 Å². The van der Waals surface area contributed by atoms with Crippen LogP contribution in [0.4, 0.5) is 5.69 Å². The lowest BCUT2D eigenvalue weighted by molar-refractivity contribution is 0.0782. The maximum Gasteiger partial charge on any atom is 0.257 e. The van der Waals surface area contributed by atoms with Crippen LogP contribution in [0.2, 0.25) is 0 Å². The molecule has 0 saturated heterocycles. The minimum Gasteiger partial charge on any atom is -0.508 e. The molecule has 0 radical (unpaired) electrons. The number of rotatable bonds is 4. The Bertz CT molecular complexity index is 638. The van der Waals surface area contributed by atoms with Crippen LogP contribution in [0.1, 0.15) is 15.9 Å². The van der Waals surface area contributed by atoms with Crippen molar-refractivity contribution in [1.29, 1.82) is 0 Å². The van der Waals surface area contributed by atoms with Gasteiger partial charge in [0.15, 0.2) is 0 Å². The number of nitrogens with two attached hydrogens (primary N) is 1. The monoisotopic (exact) mass is 286 g/mol. The molecule has 1 amide bonds. The summed E-state index contributed by atoms with van der Waals surface area (Å²) in [6.07, 6.45) is 0. The van der Waals surface area contributed by atoms with Crippen LogP contribution in [0.5, 0.6) is 11.5 Å². The zero-order valence-corrected chi connectivity index (χ0v) is 12.0. The third kappa shape index (κ3) is 3.45. The molecule has 110 valence electrons. The number of phenols is 1. The molecule has 21 heavy (non-hydrogen) atoms. The zero-order valence-electron chi connectivity index (χ0n) is 12.0. The summed E-state index contributed by atoms with van der Waals surface area (Å²) in [7, 11) is 3.22. The Kier molecular flexibility index (Phi) is 4.33. The van der Waals surface area contributed by atoms with Gasteiger partial charge in [-0.2, -0.15) is 0 Å². The fourth-order valence-corrected chi connectivity index (χ4v) is 2.05. The van der Waals surface area contributed by atoms with E-state index in [2.05, 4.69) is 0 Å². The van der Waals surface area contributed by atoms with Gasteiger partial charge in [0.05, 0.1) is 12.7 Å². The van der Waals surface area contributed by atoms with E-state index in [4.69, 9.17) is 10.5 Å². The van der Waals surface area contributed by atoms with Crippen molar-refractivity contribution >= 4 is 11.6 Å². The van der Waals surface area contributed by atoms with Gasteiger partial charge in [0.2, 0.25) is 0 Å². The first kappa shape index (κ1) is 14.7. The van der Waals surface area contributed by atoms with Crippen LogP contribution in [-0.4, -0.2) is 30.1 Å². The fourth-order valence-electron chi connectivity index (χ4n) is 2.05. The van der Waals surface area contributed by atoms with Gasteiger partial charge in [-0.3, -0.25) is 4.79 Å². The number of anilines is 1. The molecule has 0 saturated carbocycles. The zero-order chi connectivity index (χ0) is 15.4. The standard InChI is InChI=1S/C16H18N2O3/c1-18(10-11-3-6-13(19)7-4-11)16(20)14-9-12(17)5-8-15(14)21-2/h3-9,19H,10,17H2,1-2H3. The van der Waals surface area contributed by atoms with Gasteiger partial charge in [-0.25, -0.2) is 0 Å². The number of benzene rings is 2. The molecule has 0 aromatic heterocycles. The summed E-state index contributed by atoms with van der Waals surface area (Å²) in [5, 5.41) is 9.27. The van der Waals surface area contributed by atoms with E-state index in [-0.39, 0.29) is 11.7 Å². The molecule has 5 nitrogen and oxygen atoms in total. The number of nitrogen functional groups attached to an aromatic ring is 1. The van der Waals surface area contributed by atoms with Crippen molar-refractivity contribution in [2.45, 2.75) is 6.54 Å². The van der Waals surface area contributed by atoms with Gasteiger partial charge in [0.1, 0.15) is 11.5 Å². The van der Waals surface area contributed by atoms with E-state index in [0.717, 1.165) is 5.56 Å². The van der Waals surface area contributed by atoms with E-state index in [1.54, 1.807) is 54.4 Å². The second-order valence-corrected chi connectivity index (χ2v) is 4.79. The molecule has 0 heterocycles. The summed E-state index contributed by atoms with van der Waals surface area (Å²) in [6.45, 7) is 0.428. The van der Waals surface area contributed by atoms with Gasteiger partial charge in [0.25, 0.3) is 5.91 Å². The molecule has 0 fully saturated rings. The maximum absolute atomic E-state index is 12.5. The Morgan fingerprint density at radius 1 is 1.24 bits per heavy atom. The van der Waals surface area contributed by atoms with Crippen molar-refractivity contribution in [2.24, 2.45) is 0 Å². The molecule has 0 aliphatic carbocycles. The number of carbonyl (C=O) groups is 1. The highest BCUT2D eigenvalue weighted by molar-refractivity contribution is 5.97. The highest BCUT2D eigenvalue weighted by Crippen LogP contribution is 2.23. The van der Waals surface area contributed by atoms with E-state index < -0.39 is 0 Å². The van der Waals surface area contributed by atoms with Crippen LogP contribution in [-0.2, 0) is 6.54 Å². The number of hydrogen-bond donors (Lipinski definition) is 2. The smallest absolute Gasteiger partial charge is 0.257 e. The molecule has 0 unspecified atom stereocenters. The molecule has 0 aliphatic rings. The second kappa shape index (κ2) is 6.17. The van der Waals surface area contributed by atoms with Crippen LogP contribution in [0.25, 0.3) is 0 Å². The third-order valence-electron chi connectivity index (χ3n) is 3.16. The molecular weight excluding hydrogens is 268 g/mol. The number of amides is 1. The highest BCUT2D eigenvalue weighted by Gasteiger charge is 2.17. The number of ether oxygens (including phenoxy) is 1. The molecule has 0 bridgehead atoms. The van der Waals surface area contributed by atoms with Crippen molar-refractivity contribution < 1.29 is 14.6 Å². The number of hydrogen-bond acceptors (Lipinski definition) is 4. The van der Waals surface area contributed by atoms with Crippen molar-refractivity contribution in [1.82, 2.24) is 4.90 Å². The minimum atomic E-state index is -0.174. The molecule has 2 rings (SSSR count). The van der Waals surface area contributed by atoms with Crippen LogP contribution in [0, 0.1) is 0 Å². The number of aromatic hydroxyl groups is 1. The van der Waals surface area contributed by atoms with Gasteiger partial charge in [-0.15, -0.1) is 0 Å². The van der Waals surface area contributed by atoms with E-state index in [1.807, 2.05) is 0 Å². The van der Waals surface area contributed by atoms with Gasteiger partial charge in [-0.05, 0) is 35.9 Å². The minimum absolute atomic E-state index is 0.174. The molecular formula is C16H18N2O3. The highest BCUT2D eigenvalue weighted by atomic mass is 16.5. The van der Waals surface area contributed by atoms with Gasteiger partial charge in [0, 0.05) is 19.3 Å². The summed E-state index contributed by atoms with van der Waals surface area (Å²) in [5.41, 5.74) is 7.60. The lowest BCUT2D eigenvalue weighted by Gasteiger charge is -2.19. The number of carbonyl (C=O) groups excluding carboxylic acids is 1. The van der Waals surface area contributed by atoms with Crippen LogP contribution >= 0.6 is 0 Å². The first-order chi connectivity index (χ1) is 10.0. The Balaban J connectivity index is 2.19. The fraction of sp³-hybridized carbons (Fsp3) is 0.188. The average Bonchev–Trinajstić information content (AvgIpc) is 2.48. The van der Waals surface area contributed by atoms with Crippen LogP contribution in [0.15, 0.2) is 42.5 Å². The van der Waals surface area contributed by atoms with E-state index in [9.17, 15) is 9.90 Å². The van der Waals surface area contributed by atoms with Crippen molar-refractivity contribution in [2.75, 3.05) is 19.9 Å². The molecule has 0 atom stereocenters. The summed E-state index contributed by atoms with van der Waals surface area (Å²) in [5.74, 6) is 0.518. The maximum atomic E-state index is 12.5. The predicted molar refractivity (Wildman–Crippen MR) is 81.3 cm³/mol. The predicted octanol–water partition coefficient (Wildman–Crippen LogP) is 2.26. The number of nitrogens with zero attached hydrogens (tertiary/aromatic N) is 1. The molecule has 0 aliphatic heterocycles. The van der Waals surface area contributed by atoms with Gasteiger partial charge < -0.3 is 20.5 Å². The SMILES string of the molecule is COc1ccc(N)cc1C(=O)N(C)Cc1ccc(O)cc1. The summed E-state index contributed by atoms with van der Waals surface area (Å²) in [6, 6.07) is 11.7. The van der Waals surface area contributed by atoms with Crippen LogP contribution in [0.3, 0.4) is 0 Å². The van der Waals surface area contributed by atoms with E-state index in [0.29, 0.717) is 23.5 Å². The summed E-state index contributed by atoms with van der Waals surface area (Å²) >= 11 is 0. The van der Waals surface area contributed by atoms with Gasteiger partial charge >= 0.3 is 0 Å². The molecule has 5 heteroatoms. The van der Waals surface area contributed by atoms with E-state index in [1.165, 1.54) is 7.11 Å². The Hall–Kier alpha value is -2.69. The molecule has 0 spiro atoms. The van der Waals surface area contributed by atoms with Crippen molar-refractivity contribution in [3.63, 3.8) is 0 Å². The quantitative estimate of drug-likeness (QED) is 0.845. The normalized spacial score (nSPS) is 10.2.